The van der Waals surface area contributed by atoms with Gasteiger partial charge in [-0.25, -0.2) is 8.42 Å². The van der Waals surface area contributed by atoms with Gasteiger partial charge in [0.2, 0.25) is 5.89 Å². The van der Waals surface area contributed by atoms with Crippen molar-refractivity contribution in [2.75, 3.05) is 18.7 Å². The SMILES string of the molecule is COc1ccc(Cl)cc1C(=O)Nc1nnc(-c2cccc(S(C)(=O)=O)c2)o1. The Bertz CT molecular complexity index is 1110. The first-order chi connectivity index (χ1) is 12.8. The van der Waals surface area contributed by atoms with Crippen LogP contribution in [0, 0.1) is 0 Å². The van der Waals surface area contributed by atoms with Gasteiger partial charge >= 0.3 is 6.01 Å². The third-order valence-corrected chi connectivity index (χ3v) is 4.91. The van der Waals surface area contributed by atoms with Crippen LogP contribution in [0.3, 0.4) is 0 Å². The highest BCUT2D eigenvalue weighted by Gasteiger charge is 2.17. The highest BCUT2D eigenvalue weighted by molar-refractivity contribution is 7.90. The van der Waals surface area contributed by atoms with Gasteiger partial charge in [-0.2, -0.15) is 0 Å². The number of rotatable bonds is 5. The van der Waals surface area contributed by atoms with Gasteiger partial charge in [0.05, 0.1) is 17.6 Å². The summed E-state index contributed by atoms with van der Waals surface area (Å²) in [5.41, 5.74) is 0.607. The maximum atomic E-state index is 12.4. The van der Waals surface area contributed by atoms with Crippen LogP contribution in [0.5, 0.6) is 5.75 Å². The predicted molar refractivity (Wildman–Crippen MR) is 98.8 cm³/mol. The van der Waals surface area contributed by atoms with Crippen LogP contribution in [0.25, 0.3) is 11.5 Å². The van der Waals surface area contributed by atoms with Crippen LogP contribution >= 0.6 is 11.6 Å². The van der Waals surface area contributed by atoms with Crippen molar-refractivity contribution in [1.29, 1.82) is 0 Å². The first kappa shape index (κ1) is 18.9. The number of nitrogens with zero attached hydrogens (tertiary/aromatic N) is 2. The first-order valence-corrected chi connectivity index (χ1v) is 9.84. The average molecular weight is 408 g/mol. The normalized spacial score (nSPS) is 11.2. The second kappa shape index (κ2) is 7.37. The molecule has 0 atom stereocenters. The quantitative estimate of drug-likeness (QED) is 0.691. The number of halogens is 1. The number of benzene rings is 2. The molecule has 1 heterocycles. The van der Waals surface area contributed by atoms with E-state index in [0.29, 0.717) is 16.3 Å². The van der Waals surface area contributed by atoms with Crippen molar-refractivity contribution in [3.63, 3.8) is 0 Å². The van der Waals surface area contributed by atoms with Crippen LogP contribution in [-0.4, -0.2) is 37.9 Å². The van der Waals surface area contributed by atoms with Crippen LogP contribution in [0.4, 0.5) is 6.01 Å². The number of sulfone groups is 1. The molecule has 3 rings (SSSR count). The van der Waals surface area contributed by atoms with E-state index < -0.39 is 15.7 Å². The molecule has 27 heavy (non-hydrogen) atoms. The minimum absolute atomic E-state index is 0.0638. The zero-order valence-corrected chi connectivity index (χ0v) is 15.8. The fraction of sp³-hybridized carbons (Fsp3) is 0.118. The molecule has 0 aliphatic rings. The summed E-state index contributed by atoms with van der Waals surface area (Å²) in [7, 11) is -1.95. The molecule has 0 aliphatic heterocycles. The summed E-state index contributed by atoms with van der Waals surface area (Å²) in [5, 5.41) is 10.4. The number of carbonyl (C=O) groups is 1. The van der Waals surface area contributed by atoms with Crippen molar-refractivity contribution in [3.05, 3.63) is 53.1 Å². The number of aromatic nitrogens is 2. The van der Waals surface area contributed by atoms with Crippen LogP contribution in [0.2, 0.25) is 5.02 Å². The smallest absolute Gasteiger partial charge is 0.322 e. The summed E-state index contributed by atoms with van der Waals surface area (Å²) in [6, 6.07) is 10.5. The molecular weight excluding hydrogens is 394 g/mol. The molecular formula is C17H14ClN3O5S. The minimum atomic E-state index is -3.38. The number of nitrogens with one attached hydrogen (secondary N) is 1. The molecule has 2 aromatic carbocycles. The topological polar surface area (TPSA) is 111 Å². The van der Waals surface area contributed by atoms with E-state index in [9.17, 15) is 13.2 Å². The number of ether oxygens (including phenoxy) is 1. The van der Waals surface area contributed by atoms with Crippen molar-refractivity contribution in [3.8, 4) is 17.2 Å². The summed E-state index contributed by atoms with van der Waals surface area (Å²) >= 11 is 5.92. The lowest BCUT2D eigenvalue weighted by atomic mass is 10.2. The van der Waals surface area contributed by atoms with E-state index in [1.807, 2.05) is 0 Å². The van der Waals surface area contributed by atoms with E-state index in [2.05, 4.69) is 15.5 Å². The molecule has 140 valence electrons. The van der Waals surface area contributed by atoms with E-state index in [1.165, 1.54) is 25.3 Å². The molecule has 0 saturated carbocycles. The summed E-state index contributed by atoms with van der Waals surface area (Å²) in [5.74, 6) is -0.152. The maximum absolute atomic E-state index is 12.4. The third-order valence-electron chi connectivity index (χ3n) is 3.56. The van der Waals surface area contributed by atoms with E-state index in [0.717, 1.165) is 6.26 Å². The van der Waals surface area contributed by atoms with E-state index in [4.69, 9.17) is 20.8 Å². The Morgan fingerprint density at radius 1 is 1.19 bits per heavy atom. The molecule has 0 saturated heterocycles. The Kier molecular flexibility index (Phi) is 5.15. The summed E-state index contributed by atoms with van der Waals surface area (Å²) < 4.78 is 33.9. The number of carbonyl (C=O) groups excluding carboxylic acids is 1. The van der Waals surface area contributed by atoms with Gasteiger partial charge in [-0.1, -0.05) is 22.8 Å². The average Bonchev–Trinajstić information content (AvgIpc) is 3.09. The molecule has 1 amide bonds. The van der Waals surface area contributed by atoms with Gasteiger partial charge in [-0.3, -0.25) is 10.1 Å². The van der Waals surface area contributed by atoms with Crippen molar-refractivity contribution in [2.24, 2.45) is 0 Å². The Morgan fingerprint density at radius 3 is 2.67 bits per heavy atom. The Morgan fingerprint density at radius 2 is 1.96 bits per heavy atom. The number of methoxy groups -OCH3 is 1. The van der Waals surface area contributed by atoms with Gasteiger partial charge in [0.25, 0.3) is 5.91 Å². The monoisotopic (exact) mass is 407 g/mol. The zero-order valence-electron chi connectivity index (χ0n) is 14.3. The number of anilines is 1. The second-order valence-electron chi connectivity index (χ2n) is 5.51. The Labute approximate surface area is 160 Å². The van der Waals surface area contributed by atoms with Crippen molar-refractivity contribution in [1.82, 2.24) is 10.2 Å². The summed E-state index contributed by atoms with van der Waals surface area (Å²) in [4.78, 5) is 12.5. The van der Waals surface area contributed by atoms with Gasteiger partial charge in [-0.15, -0.1) is 5.10 Å². The highest BCUT2D eigenvalue weighted by Crippen LogP contribution is 2.25. The lowest BCUT2D eigenvalue weighted by molar-refractivity contribution is 0.102. The lowest BCUT2D eigenvalue weighted by Crippen LogP contribution is -2.13. The molecule has 0 radical (unpaired) electrons. The standard InChI is InChI=1S/C17H14ClN3O5S/c1-25-14-7-6-11(18)9-13(14)15(22)19-17-21-20-16(26-17)10-4-3-5-12(8-10)27(2,23)24/h3-9H,1-2H3,(H,19,21,22). The van der Waals surface area contributed by atoms with Crippen LogP contribution in [0.15, 0.2) is 51.8 Å². The highest BCUT2D eigenvalue weighted by atomic mass is 35.5. The van der Waals surface area contributed by atoms with Gasteiger partial charge in [0, 0.05) is 16.8 Å². The molecule has 0 bridgehead atoms. The fourth-order valence-electron chi connectivity index (χ4n) is 2.27. The fourth-order valence-corrected chi connectivity index (χ4v) is 3.11. The molecule has 0 fully saturated rings. The zero-order chi connectivity index (χ0) is 19.6. The molecule has 10 heteroatoms. The molecule has 0 unspecified atom stereocenters. The van der Waals surface area contributed by atoms with Crippen molar-refractivity contribution in [2.45, 2.75) is 4.90 Å². The van der Waals surface area contributed by atoms with Crippen molar-refractivity contribution >= 4 is 33.4 Å². The predicted octanol–water partition coefficient (Wildman–Crippen LogP) is 3.05. The Hall–Kier alpha value is -2.91. The maximum Gasteiger partial charge on any atom is 0.322 e. The van der Waals surface area contributed by atoms with Gasteiger partial charge < -0.3 is 9.15 Å². The van der Waals surface area contributed by atoms with Crippen LogP contribution in [0.1, 0.15) is 10.4 Å². The van der Waals surface area contributed by atoms with Gasteiger partial charge in [-0.05, 0) is 36.4 Å². The molecule has 8 nitrogen and oxygen atoms in total. The summed E-state index contributed by atoms with van der Waals surface area (Å²) in [6.07, 6.45) is 1.10. The minimum Gasteiger partial charge on any atom is -0.496 e. The molecule has 1 aromatic heterocycles. The van der Waals surface area contributed by atoms with E-state index in [1.54, 1.807) is 24.3 Å². The largest absolute Gasteiger partial charge is 0.496 e. The van der Waals surface area contributed by atoms with Crippen LogP contribution < -0.4 is 10.1 Å². The number of amides is 1. The van der Waals surface area contributed by atoms with Gasteiger partial charge in [0.1, 0.15) is 5.75 Å². The molecule has 3 aromatic rings. The first-order valence-electron chi connectivity index (χ1n) is 7.57. The van der Waals surface area contributed by atoms with E-state index >= 15 is 0 Å². The Balaban J connectivity index is 1.85. The van der Waals surface area contributed by atoms with Crippen molar-refractivity contribution < 1.29 is 22.4 Å². The number of hydrogen-bond donors (Lipinski definition) is 1. The summed E-state index contributed by atoms with van der Waals surface area (Å²) in [6.45, 7) is 0. The molecule has 0 aliphatic carbocycles. The molecule has 0 spiro atoms. The van der Waals surface area contributed by atoms with Crippen LogP contribution in [-0.2, 0) is 9.84 Å². The van der Waals surface area contributed by atoms with Gasteiger partial charge in [0.15, 0.2) is 9.84 Å². The lowest BCUT2D eigenvalue weighted by Gasteiger charge is -2.07. The van der Waals surface area contributed by atoms with E-state index in [-0.39, 0.29) is 22.4 Å². The third kappa shape index (κ3) is 4.26. The number of hydrogen-bond acceptors (Lipinski definition) is 7. The molecule has 1 N–H and O–H groups in total. The second-order valence-corrected chi connectivity index (χ2v) is 7.96.